The Hall–Kier alpha value is -3.35. The van der Waals surface area contributed by atoms with E-state index in [0.717, 1.165) is 11.1 Å². The molecule has 1 aromatic heterocycles. The monoisotopic (exact) mass is 366 g/mol. The van der Waals surface area contributed by atoms with Gasteiger partial charge in [0, 0.05) is 5.69 Å². The highest BCUT2D eigenvalue weighted by Crippen LogP contribution is 2.35. The van der Waals surface area contributed by atoms with Gasteiger partial charge in [-0.05, 0) is 60.4 Å². The average Bonchev–Trinajstić information content (AvgIpc) is 3.06. The number of methoxy groups -OCH3 is 1. The molecule has 7 heteroatoms. The fraction of sp³-hybridized carbons (Fsp3) is 0.250. The lowest BCUT2D eigenvalue weighted by Gasteiger charge is -2.15. The first-order valence-corrected chi connectivity index (χ1v) is 8.57. The van der Waals surface area contributed by atoms with Crippen molar-refractivity contribution in [3.05, 3.63) is 53.3 Å². The second-order valence-electron chi connectivity index (χ2n) is 6.63. The lowest BCUT2D eigenvalue weighted by Crippen LogP contribution is -2.17. The zero-order valence-electron chi connectivity index (χ0n) is 15.7. The minimum Gasteiger partial charge on any atom is -0.507 e. The van der Waals surface area contributed by atoms with Crippen LogP contribution in [0.1, 0.15) is 41.5 Å². The minimum absolute atomic E-state index is 0.0127. The predicted molar refractivity (Wildman–Crippen MR) is 102 cm³/mol. The number of amides is 1. The number of hydrogen-bond acceptors (Lipinski definition) is 5. The molecule has 0 spiro atoms. The van der Waals surface area contributed by atoms with Gasteiger partial charge in [0.1, 0.15) is 11.5 Å². The number of nitrogens with zero attached hydrogens (tertiary/aromatic N) is 3. The van der Waals surface area contributed by atoms with Crippen molar-refractivity contribution in [1.29, 1.82) is 0 Å². The Labute approximate surface area is 157 Å². The third kappa shape index (κ3) is 3.36. The summed E-state index contributed by atoms with van der Waals surface area (Å²) in [4.78, 5) is 11.9. The third-order valence-corrected chi connectivity index (χ3v) is 4.46. The molecule has 1 heterocycles. The van der Waals surface area contributed by atoms with Crippen LogP contribution >= 0.6 is 0 Å². The molecule has 0 aliphatic rings. The second-order valence-corrected chi connectivity index (χ2v) is 6.63. The smallest absolute Gasteiger partial charge is 0.287 e. The molecular weight excluding hydrogens is 344 g/mol. The summed E-state index contributed by atoms with van der Waals surface area (Å²) in [5, 5.41) is 18.6. The quantitative estimate of drug-likeness (QED) is 0.722. The van der Waals surface area contributed by atoms with Crippen molar-refractivity contribution in [3.63, 3.8) is 0 Å². The Morgan fingerprint density at radius 3 is 2.41 bits per heavy atom. The Kier molecular flexibility index (Phi) is 4.85. The van der Waals surface area contributed by atoms with Crippen LogP contribution < -0.4 is 10.5 Å². The van der Waals surface area contributed by atoms with Gasteiger partial charge in [0.15, 0.2) is 5.82 Å². The molecule has 0 saturated heterocycles. The Morgan fingerprint density at radius 2 is 1.85 bits per heavy atom. The molecule has 27 heavy (non-hydrogen) atoms. The van der Waals surface area contributed by atoms with Gasteiger partial charge in [-0.3, -0.25) is 9.36 Å². The van der Waals surface area contributed by atoms with Gasteiger partial charge in [-0.2, -0.15) is 0 Å². The number of hydrogen-bond donors (Lipinski definition) is 2. The lowest BCUT2D eigenvalue weighted by atomic mass is 9.95. The summed E-state index contributed by atoms with van der Waals surface area (Å²) >= 11 is 0. The van der Waals surface area contributed by atoms with Crippen LogP contribution in [-0.4, -0.2) is 32.9 Å². The van der Waals surface area contributed by atoms with E-state index in [1.165, 1.54) is 4.57 Å². The summed E-state index contributed by atoms with van der Waals surface area (Å²) in [7, 11) is 1.58. The largest absolute Gasteiger partial charge is 0.507 e. The highest BCUT2D eigenvalue weighted by molar-refractivity contribution is 5.90. The van der Waals surface area contributed by atoms with Crippen LogP contribution in [0.25, 0.3) is 17.1 Å². The molecule has 0 aliphatic carbocycles. The molecule has 0 unspecified atom stereocenters. The zero-order chi connectivity index (χ0) is 19.7. The van der Waals surface area contributed by atoms with E-state index in [4.69, 9.17) is 10.5 Å². The van der Waals surface area contributed by atoms with E-state index < -0.39 is 5.91 Å². The van der Waals surface area contributed by atoms with Gasteiger partial charge in [0.2, 0.25) is 5.82 Å². The van der Waals surface area contributed by atoms with E-state index in [0.29, 0.717) is 22.8 Å². The van der Waals surface area contributed by atoms with Crippen LogP contribution in [0.5, 0.6) is 11.5 Å². The van der Waals surface area contributed by atoms with Crippen molar-refractivity contribution >= 4 is 5.91 Å². The van der Waals surface area contributed by atoms with Crippen LogP contribution in [-0.2, 0) is 0 Å². The molecule has 140 valence electrons. The van der Waals surface area contributed by atoms with Crippen molar-refractivity contribution in [2.75, 3.05) is 7.11 Å². The molecule has 0 bridgehead atoms. The fourth-order valence-electron chi connectivity index (χ4n) is 3.10. The molecule has 2 aromatic carbocycles. The number of aromatic hydroxyl groups is 1. The predicted octanol–water partition coefficient (Wildman–Crippen LogP) is 3.18. The van der Waals surface area contributed by atoms with Gasteiger partial charge in [0.05, 0.1) is 12.7 Å². The normalized spacial score (nSPS) is 11.0. The highest BCUT2D eigenvalue weighted by atomic mass is 16.5. The molecule has 0 atom stereocenters. The second kappa shape index (κ2) is 7.11. The number of aromatic nitrogens is 3. The van der Waals surface area contributed by atoms with Gasteiger partial charge in [-0.15, -0.1) is 10.2 Å². The summed E-state index contributed by atoms with van der Waals surface area (Å²) in [5.74, 6) is 0.622. The summed E-state index contributed by atoms with van der Waals surface area (Å²) in [6, 6.07) is 10.6. The standard InChI is InChI=1S/C20H22N4O3/c1-11(2)15-10-16(17(25)9-12(15)3)19-22-23-20(18(21)26)24(19)13-5-7-14(27-4)8-6-13/h5-11,25H,1-4H3,(H2,21,26). The molecule has 3 aromatic rings. The van der Waals surface area contributed by atoms with E-state index >= 15 is 0 Å². The summed E-state index contributed by atoms with van der Waals surface area (Å²) in [5.41, 5.74) is 8.67. The molecular formula is C20H22N4O3. The van der Waals surface area contributed by atoms with Gasteiger partial charge in [-0.1, -0.05) is 13.8 Å². The Bertz CT molecular complexity index is 991. The van der Waals surface area contributed by atoms with Crippen molar-refractivity contribution in [2.45, 2.75) is 26.7 Å². The number of phenolic OH excluding ortho intramolecular Hbond substituents is 1. The van der Waals surface area contributed by atoms with Gasteiger partial charge < -0.3 is 15.6 Å². The topological polar surface area (TPSA) is 103 Å². The highest BCUT2D eigenvalue weighted by Gasteiger charge is 2.22. The van der Waals surface area contributed by atoms with Crippen molar-refractivity contribution < 1.29 is 14.6 Å². The first kappa shape index (κ1) is 18.4. The number of phenols is 1. The van der Waals surface area contributed by atoms with Crippen molar-refractivity contribution in [2.24, 2.45) is 5.73 Å². The number of benzene rings is 2. The maximum absolute atomic E-state index is 11.9. The van der Waals surface area contributed by atoms with Crippen LogP contribution in [0.3, 0.4) is 0 Å². The average molecular weight is 366 g/mol. The van der Waals surface area contributed by atoms with Crippen molar-refractivity contribution in [1.82, 2.24) is 14.8 Å². The van der Waals surface area contributed by atoms with Crippen molar-refractivity contribution in [3.8, 4) is 28.6 Å². The molecule has 7 nitrogen and oxygen atoms in total. The van der Waals surface area contributed by atoms with E-state index in [2.05, 4.69) is 24.0 Å². The zero-order valence-corrected chi connectivity index (χ0v) is 15.7. The molecule has 3 N–H and O–H groups in total. The van der Waals surface area contributed by atoms with Crippen LogP contribution in [0.4, 0.5) is 0 Å². The Morgan fingerprint density at radius 1 is 1.19 bits per heavy atom. The number of aryl methyl sites for hydroxylation is 1. The summed E-state index contributed by atoms with van der Waals surface area (Å²) in [6.07, 6.45) is 0. The number of carbonyl (C=O) groups is 1. The Balaban J connectivity index is 2.26. The number of rotatable bonds is 5. The first-order chi connectivity index (χ1) is 12.8. The molecule has 0 fully saturated rings. The number of ether oxygens (including phenoxy) is 1. The van der Waals surface area contributed by atoms with E-state index in [-0.39, 0.29) is 17.5 Å². The number of nitrogens with two attached hydrogens (primary N) is 1. The maximum Gasteiger partial charge on any atom is 0.287 e. The summed E-state index contributed by atoms with van der Waals surface area (Å²) in [6.45, 7) is 6.10. The van der Waals surface area contributed by atoms with Gasteiger partial charge >= 0.3 is 0 Å². The third-order valence-electron chi connectivity index (χ3n) is 4.46. The van der Waals surface area contributed by atoms with Gasteiger partial charge in [-0.25, -0.2) is 0 Å². The minimum atomic E-state index is -0.708. The van der Waals surface area contributed by atoms with Crippen LogP contribution in [0.2, 0.25) is 0 Å². The molecule has 0 radical (unpaired) electrons. The number of primary amides is 1. The first-order valence-electron chi connectivity index (χ1n) is 8.57. The van der Waals surface area contributed by atoms with Crippen LogP contribution in [0.15, 0.2) is 36.4 Å². The molecule has 0 saturated carbocycles. The van der Waals surface area contributed by atoms with Gasteiger partial charge in [0.25, 0.3) is 5.91 Å². The summed E-state index contributed by atoms with van der Waals surface area (Å²) < 4.78 is 6.72. The molecule has 1 amide bonds. The van der Waals surface area contributed by atoms with E-state index in [1.54, 1.807) is 37.4 Å². The SMILES string of the molecule is COc1ccc(-n2c(C(N)=O)nnc2-c2cc(C(C)C)c(C)cc2O)cc1. The van der Waals surface area contributed by atoms with E-state index in [9.17, 15) is 9.90 Å². The number of carbonyl (C=O) groups excluding carboxylic acids is 1. The molecule has 3 rings (SSSR count). The van der Waals surface area contributed by atoms with Crippen LogP contribution in [0, 0.1) is 6.92 Å². The maximum atomic E-state index is 11.9. The molecule has 0 aliphatic heterocycles. The lowest BCUT2D eigenvalue weighted by molar-refractivity contribution is 0.0988. The van der Waals surface area contributed by atoms with E-state index in [1.807, 2.05) is 13.0 Å². The fourth-order valence-corrected chi connectivity index (χ4v) is 3.10.